The highest BCUT2D eigenvalue weighted by atomic mass is 16.5. The van der Waals surface area contributed by atoms with Crippen LogP contribution in [0.5, 0.6) is 11.6 Å². The average Bonchev–Trinajstić information content (AvgIpc) is 3.18. The van der Waals surface area contributed by atoms with Crippen molar-refractivity contribution in [2.45, 2.75) is 25.0 Å². The van der Waals surface area contributed by atoms with Crippen LogP contribution < -0.4 is 10.5 Å². The van der Waals surface area contributed by atoms with E-state index in [1.165, 1.54) is 6.33 Å². The lowest BCUT2D eigenvalue weighted by Crippen LogP contribution is -2.30. The number of anilines is 1. The molecule has 0 bridgehead atoms. The highest BCUT2D eigenvalue weighted by molar-refractivity contribution is 6.02. The molecule has 0 atom stereocenters. The molecule has 0 spiro atoms. The van der Waals surface area contributed by atoms with Gasteiger partial charge in [0.1, 0.15) is 23.5 Å². The highest BCUT2D eigenvalue weighted by Crippen LogP contribution is 2.40. The minimum atomic E-state index is -0.256. The molecule has 7 nitrogen and oxygen atoms in total. The monoisotopic (exact) mass is 423 g/mol. The first kappa shape index (κ1) is 18.8. The van der Waals surface area contributed by atoms with E-state index in [0.717, 1.165) is 38.8 Å². The number of nitrogens with zero attached hydrogens (tertiary/aromatic N) is 4. The zero-order chi connectivity index (χ0) is 21.7. The fourth-order valence-electron chi connectivity index (χ4n) is 4.32. The fourth-order valence-corrected chi connectivity index (χ4v) is 4.32. The van der Waals surface area contributed by atoms with Crippen LogP contribution in [0.3, 0.4) is 0 Å². The summed E-state index contributed by atoms with van der Waals surface area (Å²) in [6.07, 6.45) is 4.73. The number of aliphatic hydroxyl groups is 1. The van der Waals surface area contributed by atoms with Crippen molar-refractivity contribution in [3.63, 3.8) is 0 Å². The summed E-state index contributed by atoms with van der Waals surface area (Å²) < 4.78 is 8.02. The van der Waals surface area contributed by atoms with Gasteiger partial charge in [0, 0.05) is 29.3 Å². The van der Waals surface area contributed by atoms with E-state index in [0.29, 0.717) is 24.5 Å². The van der Waals surface area contributed by atoms with Crippen LogP contribution in [0, 0.1) is 0 Å². The maximum Gasteiger partial charge on any atom is 0.219 e. The molecule has 3 heterocycles. The molecule has 1 aliphatic rings. The van der Waals surface area contributed by atoms with E-state index in [1.807, 2.05) is 54.6 Å². The summed E-state index contributed by atoms with van der Waals surface area (Å²) in [5.41, 5.74) is 9.82. The number of fused-ring (bicyclic) bond motifs is 2. The second-order valence-corrected chi connectivity index (χ2v) is 8.16. The molecule has 32 heavy (non-hydrogen) atoms. The van der Waals surface area contributed by atoms with Crippen molar-refractivity contribution in [2.24, 2.45) is 0 Å². The number of nitrogens with two attached hydrogens (primary N) is 1. The molecule has 3 aromatic heterocycles. The third-order valence-corrected chi connectivity index (χ3v) is 6.06. The van der Waals surface area contributed by atoms with Crippen LogP contribution in [0.4, 0.5) is 5.82 Å². The molecule has 7 heteroatoms. The summed E-state index contributed by atoms with van der Waals surface area (Å²) in [6.45, 7) is 0. The van der Waals surface area contributed by atoms with Crippen molar-refractivity contribution in [1.82, 2.24) is 19.5 Å². The number of para-hydroxylation sites is 1. The van der Waals surface area contributed by atoms with E-state index in [2.05, 4.69) is 26.8 Å². The standard InChI is InChI=1S/C25H21N5O2/c26-24-23-20(13-30(17-11-18(31)12-17)25(23)28-14-27-24)16-7-6-15-8-9-22(29-21(15)10-16)32-19-4-2-1-3-5-19/h1-10,13-14,17-18,31H,11-12H2,(H2,26,27,28). The second-order valence-electron chi connectivity index (χ2n) is 8.16. The zero-order valence-corrected chi connectivity index (χ0v) is 17.2. The van der Waals surface area contributed by atoms with Crippen molar-refractivity contribution in [1.29, 1.82) is 0 Å². The van der Waals surface area contributed by atoms with Gasteiger partial charge in [0.2, 0.25) is 5.88 Å². The Hall–Kier alpha value is -3.97. The molecule has 0 amide bonds. The van der Waals surface area contributed by atoms with E-state index in [-0.39, 0.29) is 12.1 Å². The first-order chi connectivity index (χ1) is 15.7. The molecule has 0 aliphatic heterocycles. The number of hydrogen-bond donors (Lipinski definition) is 2. The van der Waals surface area contributed by atoms with Gasteiger partial charge in [-0.05, 0) is 42.7 Å². The van der Waals surface area contributed by atoms with E-state index in [4.69, 9.17) is 15.5 Å². The van der Waals surface area contributed by atoms with Crippen LogP contribution in [0.15, 0.2) is 73.2 Å². The third kappa shape index (κ3) is 3.14. The Morgan fingerprint density at radius 1 is 1.00 bits per heavy atom. The number of nitrogen functional groups attached to an aromatic ring is 1. The number of pyridine rings is 1. The predicted octanol–water partition coefficient (Wildman–Crippen LogP) is 4.72. The van der Waals surface area contributed by atoms with Crippen LogP contribution in [0.1, 0.15) is 18.9 Å². The summed E-state index contributed by atoms with van der Waals surface area (Å²) in [5, 5.41) is 11.6. The van der Waals surface area contributed by atoms with Crippen molar-refractivity contribution in [3.8, 4) is 22.8 Å². The third-order valence-electron chi connectivity index (χ3n) is 6.06. The van der Waals surface area contributed by atoms with Gasteiger partial charge in [-0.1, -0.05) is 30.3 Å². The van der Waals surface area contributed by atoms with Crippen LogP contribution >= 0.6 is 0 Å². The van der Waals surface area contributed by atoms with Gasteiger partial charge in [0.25, 0.3) is 0 Å². The van der Waals surface area contributed by atoms with Gasteiger partial charge < -0.3 is 20.1 Å². The van der Waals surface area contributed by atoms with Gasteiger partial charge in [-0.2, -0.15) is 0 Å². The average molecular weight is 423 g/mol. The number of rotatable bonds is 4. The molecule has 1 fully saturated rings. The topological polar surface area (TPSA) is 99.1 Å². The van der Waals surface area contributed by atoms with Gasteiger partial charge in [0.05, 0.1) is 17.0 Å². The maximum atomic E-state index is 9.79. The predicted molar refractivity (Wildman–Crippen MR) is 123 cm³/mol. The van der Waals surface area contributed by atoms with Crippen LogP contribution in [0.2, 0.25) is 0 Å². The molecular formula is C25H21N5O2. The molecular weight excluding hydrogens is 402 g/mol. The number of aromatic nitrogens is 4. The SMILES string of the molecule is Nc1ncnc2c1c(-c1ccc3ccc(Oc4ccccc4)nc3c1)cn2C1CC(O)C1. The Bertz CT molecular complexity index is 1440. The van der Waals surface area contributed by atoms with Gasteiger partial charge in [0.15, 0.2) is 0 Å². The molecule has 5 aromatic rings. The van der Waals surface area contributed by atoms with E-state index in [1.54, 1.807) is 0 Å². The Balaban J connectivity index is 1.45. The zero-order valence-electron chi connectivity index (χ0n) is 17.2. The summed E-state index contributed by atoms with van der Waals surface area (Å²) in [4.78, 5) is 13.4. The van der Waals surface area contributed by atoms with Crippen molar-refractivity contribution in [2.75, 3.05) is 5.73 Å². The molecule has 0 unspecified atom stereocenters. The highest BCUT2D eigenvalue weighted by Gasteiger charge is 2.31. The number of hydrogen-bond acceptors (Lipinski definition) is 6. The summed E-state index contributed by atoms with van der Waals surface area (Å²) in [6, 6.07) is 19.8. The maximum absolute atomic E-state index is 9.79. The summed E-state index contributed by atoms with van der Waals surface area (Å²) >= 11 is 0. The first-order valence-corrected chi connectivity index (χ1v) is 10.6. The molecule has 2 aromatic carbocycles. The van der Waals surface area contributed by atoms with Crippen LogP contribution in [-0.4, -0.2) is 30.7 Å². The lowest BCUT2D eigenvalue weighted by atomic mass is 9.89. The lowest BCUT2D eigenvalue weighted by Gasteiger charge is -2.32. The molecule has 1 saturated carbocycles. The number of aliphatic hydroxyl groups excluding tert-OH is 1. The molecule has 158 valence electrons. The van der Waals surface area contributed by atoms with E-state index < -0.39 is 0 Å². The van der Waals surface area contributed by atoms with E-state index >= 15 is 0 Å². The Morgan fingerprint density at radius 2 is 1.81 bits per heavy atom. The lowest BCUT2D eigenvalue weighted by molar-refractivity contribution is 0.0502. The first-order valence-electron chi connectivity index (χ1n) is 10.6. The van der Waals surface area contributed by atoms with Crippen LogP contribution in [0.25, 0.3) is 33.1 Å². The quantitative estimate of drug-likeness (QED) is 0.434. The largest absolute Gasteiger partial charge is 0.439 e. The Kier molecular flexibility index (Phi) is 4.29. The van der Waals surface area contributed by atoms with Gasteiger partial charge >= 0.3 is 0 Å². The number of benzene rings is 2. The number of ether oxygens (including phenoxy) is 1. The second kappa shape index (κ2) is 7.32. The van der Waals surface area contributed by atoms with Gasteiger partial charge in [-0.25, -0.2) is 15.0 Å². The summed E-state index contributed by atoms with van der Waals surface area (Å²) in [7, 11) is 0. The normalized spacial score (nSPS) is 18.0. The Morgan fingerprint density at radius 3 is 2.62 bits per heavy atom. The smallest absolute Gasteiger partial charge is 0.219 e. The minimum Gasteiger partial charge on any atom is -0.439 e. The van der Waals surface area contributed by atoms with Gasteiger partial charge in [-0.3, -0.25) is 0 Å². The molecule has 1 aliphatic carbocycles. The van der Waals surface area contributed by atoms with Crippen molar-refractivity contribution >= 4 is 27.8 Å². The summed E-state index contributed by atoms with van der Waals surface area (Å²) in [5.74, 6) is 1.72. The van der Waals surface area contributed by atoms with Gasteiger partial charge in [-0.15, -0.1) is 0 Å². The Labute approximate surface area is 184 Å². The van der Waals surface area contributed by atoms with Crippen LogP contribution in [-0.2, 0) is 0 Å². The van der Waals surface area contributed by atoms with Crippen molar-refractivity contribution in [3.05, 3.63) is 73.2 Å². The molecule has 3 N–H and O–H groups in total. The van der Waals surface area contributed by atoms with Crippen molar-refractivity contribution < 1.29 is 9.84 Å². The molecule has 6 rings (SSSR count). The fraction of sp³-hybridized carbons (Fsp3) is 0.160. The van der Waals surface area contributed by atoms with E-state index in [9.17, 15) is 5.11 Å². The minimum absolute atomic E-state index is 0.208. The molecule has 0 saturated heterocycles. The molecule has 0 radical (unpaired) electrons.